The summed E-state index contributed by atoms with van der Waals surface area (Å²) in [7, 11) is 1.60. The largest absolute Gasteiger partial charge is 0.368 e. The molecule has 0 bridgehead atoms. The lowest BCUT2D eigenvalue weighted by Gasteiger charge is -2.34. The molecule has 0 aliphatic carbocycles. The maximum absolute atomic E-state index is 12.6. The molecule has 2 heterocycles. The molecule has 2 amide bonds. The Morgan fingerprint density at radius 3 is 2.38 bits per heavy atom. The summed E-state index contributed by atoms with van der Waals surface area (Å²) in [6, 6.07) is 7.54. The second-order valence-electron chi connectivity index (χ2n) is 7.18. The van der Waals surface area contributed by atoms with E-state index in [1.807, 2.05) is 29.2 Å². The van der Waals surface area contributed by atoms with Crippen LogP contribution in [0.3, 0.4) is 0 Å². The predicted octanol–water partition coefficient (Wildman–Crippen LogP) is 1.70. The Balaban J connectivity index is 1.55. The van der Waals surface area contributed by atoms with Crippen LogP contribution in [0, 0.1) is 0 Å². The van der Waals surface area contributed by atoms with E-state index in [0.29, 0.717) is 24.9 Å². The van der Waals surface area contributed by atoms with Crippen LogP contribution in [-0.4, -0.2) is 55.6 Å². The summed E-state index contributed by atoms with van der Waals surface area (Å²) in [4.78, 5) is 27.0. The lowest BCUT2D eigenvalue weighted by Crippen LogP contribution is -2.53. The van der Waals surface area contributed by atoms with Crippen LogP contribution in [-0.2, 0) is 16.1 Å². The van der Waals surface area contributed by atoms with Crippen molar-refractivity contribution >= 4 is 11.8 Å². The van der Waals surface area contributed by atoms with Crippen LogP contribution in [0.25, 0.3) is 0 Å². The number of ether oxygens (including phenoxy) is 1. The van der Waals surface area contributed by atoms with Crippen molar-refractivity contribution in [2.45, 2.75) is 44.2 Å². The van der Waals surface area contributed by atoms with Gasteiger partial charge >= 0.3 is 0 Å². The third-order valence-corrected chi connectivity index (χ3v) is 5.51. The number of carbonyl (C=O) groups is 2. The van der Waals surface area contributed by atoms with Crippen molar-refractivity contribution in [2.24, 2.45) is 0 Å². The first-order valence-corrected chi connectivity index (χ1v) is 9.57. The fraction of sp³-hybridized carbons (Fsp3) is 0.600. The normalized spacial score (nSPS) is 19.8. The highest BCUT2D eigenvalue weighted by Gasteiger charge is 2.39. The van der Waals surface area contributed by atoms with Gasteiger partial charge in [-0.2, -0.15) is 0 Å². The SMILES string of the molecule is COC1(C(=O)NCc2ccc(C(=O)N3CCCCC3)cc2)CCNCC1. The molecule has 2 aliphatic heterocycles. The Hall–Kier alpha value is -1.92. The molecule has 142 valence electrons. The van der Waals surface area contributed by atoms with Crippen LogP contribution in [0.4, 0.5) is 0 Å². The summed E-state index contributed by atoms with van der Waals surface area (Å²) in [5, 5.41) is 6.24. The van der Waals surface area contributed by atoms with Crippen LogP contribution in [0.15, 0.2) is 24.3 Å². The summed E-state index contributed by atoms with van der Waals surface area (Å²) in [6.07, 6.45) is 4.75. The summed E-state index contributed by atoms with van der Waals surface area (Å²) < 4.78 is 5.54. The summed E-state index contributed by atoms with van der Waals surface area (Å²) in [5.41, 5.74) is 0.970. The highest BCUT2D eigenvalue weighted by atomic mass is 16.5. The van der Waals surface area contributed by atoms with E-state index in [2.05, 4.69) is 10.6 Å². The topological polar surface area (TPSA) is 70.7 Å². The van der Waals surface area contributed by atoms with Gasteiger partial charge < -0.3 is 20.3 Å². The third kappa shape index (κ3) is 4.24. The zero-order chi connectivity index (χ0) is 18.4. The molecule has 0 saturated carbocycles. The average Bonchev–Trinajstić information content (AvgIpc) is 2.73. The van der Waals surface area contributed by atoms with Gasteiger partial charge in [0.2, 0.25) is 0 Å². The van der Waals surface area contributed by atoms with Crippen molar-refractivity contribution in [3.63, 3.8) is 0 Å². The smallest absolute Gasteiger partial charge is 0.253 e. The number of amides is 2. The van der Waals surface area contributed by atoms with Gasteiger partial charge in [0.25, 0.3) is 11.8 Å². The van der Waals surface area contributed by atoms with Crippen molar-refractivity contribution in [1.29, 1.82) is 0 Å². The maximum Gasteiger partial charge on any atom is 0.253 e. The molecule has 2 saturated heterocycles. The van der Waals surface area contributed by atoms with Crippen LogP contribution in [0.5, 0.6) is 0 Å². The molecule has 2 N–H and O–H groups in total. The van der Waals surface area contributed by atoms with E-state index >= 15 is 0 Å². The number of carbonyl (C=O) groups excluding carboxylic acids is 2. The first-order chi connectivity index (χ1) is 12.6. The molecule has 1 aromatic carbocycles. The Morgan fingerprint density at radius 2 is 1.77 bits per heavy atom. The number of hydrogen-bond donors (Lipinski definition) is 2. The standard InChI is InChI=1S/C20H29N3O3/c1-26-20(9-11-21-12-10-20)19(25)22-15-16-5-7-17(8-6-16)18(24)23-13-3-2-4-14-23/h5-8,21H,2-4,9-15H2,1H3,(H,22,25). The molecule has 3 rings (SSSR count). The molecule has 6 heteroatoms. The van der Waals surface area contributed by atoms with Crippen molar-refractivity contribution in [2.75, 3.05) is 33.3 Å². The lowest BCUT2D eigenvalue weighted by atomic mass is 9.91. The highest BCUT2D eigenvalue weighted by Crippen LogP contribution is 2.22. The minimum atomic E-state index is -0.727. The van der Waals surface area contributed by atoms with Crippen molar-refractivity contribution in [3.8, 4) is 0 Å². The maximum atomic E-state index is 12.6. The minimum Gasteiger partial charge on any atom is -0.368 e. The van der Waals surface area contributed by atoms with Gasteiger partial charge in [-0.15, -0.1) is 0 Å². The zero-order valence-corrected chi connectivity index (χ0v) is 15.6. The fourth-order valence-electron chi connectivity index (χ4n) is 3.74. The van der Waals surface area contributed by atoms with E-state index in [0.717, 1.165) is 44.6 Å². The van der Waals surface area contributed by atoms with E-state index in [-0.39, 0.29) is 11.8 Å². The molecular formula is C20H29N3O3. The number of methoxy groups -OCH3 is 1. The fourth-order valence-corrected chi connectivity index (χ4v) is 3.74. The monoisotopic (exact) mass is 359 g/mol. The van der Waals surface area contributed by atoms with E-state index in [9.17, 15) is 9.59 Å². The molecule has 0 radical (unpaired) electrons. The molecule has 2 fully saturated rings. The van der Waals surface area contributed by atoms with E-state index in [1.54, 1.807) is 7.11 Å². The number of hydrogen-bond acceptors (Lipinski definition) is 4. The Bertz CT molecular complexity index is 618. The van der Waals surface area contributed by atoms with Crippen molar-refractivity contribution in [3.05, 3.63) is 35.4 Å². The second-order valence-corrected chi connectivity index (χ2v) is 7.18. The van der Waals surface area contributed by atoms with Gasteiger partial charge in [-0.25, -0.2) is 0 Å². The number of nitrogens with zero attached hydrogens (tertiary/aromatic N) is 1. The van der Waals surface area contributed by atoms with Gasteiger partial charge in [0.05, 0.1) is 0 Å². The minimum absolute atomic E-state index is 0.0602. The van der Waals surface area contributed by atoms with E-state index in [4.69, 9.17) is 4.74 Å². The molecule has 2 aliphatic rings. The van der Waals surface area contributed by atoms with Gasteiger partial charge in [0.15, 0.2) is 0 Å². The molecular weight excluding hydrogens is 330 g/mol. The number of likely N-dealkylation sites (tertiary alicyclic amines) is 1. The lowest BCUT2D eigenvalue weighted by molar-refractivity contribution is -0.146. The highest BCUT2D eigenvalue weighted by molar-refractivity contribution is 5.94. The summed E-state index contributed by atoms with van der Waals surface area (Å²) >= 11 is 0. The Morgan fingerprint density at radius 1 is 1.12 bits per heavy atom. The number of rotatable bonds is 5. The Kier molecular flexibility index (Phi) is 6.27. The van der Waals surface area contributed by atoms with Gasteiger partial charge in [0.1, 0.15) is 5.60 Å². The second kappa shape index (κ2) is 8.64. The van der Waals surface area contributed by atoms with Gasteiger partial charge in [0, 0.05) is 32.3 Å². The van der Waals surface area contributed by atoms with Gasteiger partial charge in [-0.05, 0) is 62.9 Å². The van der Waals surface area contributed by atoms with E-state index in [1.165, 1.54) is 6.42 Å². The molecule has 0 unspecified atom stereocenters. The zero-order valence-electron chi connectivity index (χ0n) is 15.6. The van der Waals surface area contributed by atoms with Gasteiger partial charge in [-0.1, -0.05) is 12.1 Å². The number of nitrogens with one attached hydrogen (secondary N) is 2. The van der Waals surface area contributed by atoms with Crippen LogP contribution in [0.1, 0.15) is 48.0 Å². The predicted molar refractivity (Wildman–Crippen MR) is 99.9 cm³/mol. The molecule has 26 heavy (non-hydrogen) atoms. The number of benzene rings is 1. The van der Waals surface area contributed by atoms with Crippen LogP contribution in [0.2, 0.25) is 0 Å². The summed E-state index contributed by atoms with van der Waals surface area (Å²) in [6.45, 7) is 3.72. The molecule has 0 spiro atoms. The van der Waals surface area contributed by atoms with E-state index < -0.39 is 5.60 Å². The molecule has 0 atom stereocenters. The molecule has 1 aromatic rings. The van der Waals surface area contributed by atoms with Crippen LogP contribution >= 0.6 is 0 Å². The third-order valence-electron chi connectivity index (χ3n) is 5.51. The summed E-state index contributed by atoms with van der Waals surface area (Å²) in [5.74, 6) is 0.0447. The first-order valence-electron chi connectivity index (χ1n) is 9.57. The average molecular weight is 359 g/mol. The molecule has 6 nitrogen and oxygen atoms in total. The van der Waals surface area contributed by atoms with Gasteiger partial charge in [-0.3, -0.25) is 9.59 Å². The van der Waals surface area contributed by atoms with Crippen molar-refractivity contribution in [1.82, 2.24) is 15.5 Å². The molecule has 0 aromatic heterocycles. The number of piperidine rings is 2. The quantitative estimate of drug-likeness (QED) is 0.839. The Labute approximate surface area is 155 Å². The van der Waals surface area contributed by atoms with Crippen LogP contribution < -0.4 is 10.6 Å². The van der Waals surface area contributed by atoms with Crippen molar-refractivity contribution < 1.29 is 14.3 Å². The first kappa shape index (κ1) is 18.9.